The number of likely N-dealkylation sites (N-methyl/N-ethyl adjacent to an activating group) is 1. The van der Waals surface area contributed by atoms with Crippen molar-refractivity contribution in [3.05, 3.63) is 35.8 Å². The van der Waals surface area contributed by atoms with Gasteiger partial charge in [0.05, 0.1) is 6.04 Å². The summed E-state index contributed by atoms with van der Waals surface area (Å²) < 4.78 is 17.6. The van der Waals surface area contributed by atoms with E-state index in [0.29, 0.717) is 16.5 Å². The van der Waals surface area contributed by atoms with Crippen LogP contribution in [0.4, 0.5) is 4.39 Å². The second kappa shape index (κ2) is 4.06. The molecule has 1 N–H and O–H groups in total. The van der Waals surface area contributed by atoms with Crippen molar-refractivity contribution >= 4 is 16.8 Å². The van der Waals surface area contributed by atoms with Crippen LogP contribution in [-0.4, -0.2) is 18.9 Å². The number of hydrogen-bond donors (Lipinski definition) is 1. The van der Waals surface area contributed by atoms with Crippen molar-refractivity contribution in [3.8, 4) is 0 Å². The third-order valence-electron chi connectivity index (χ3n) is 2.60. The molecule has 0 amide bonds. The van der Waals surface area contributed by atoms with Gasteiger partial charge in [-0.2, -0.15) is 4.39 Å². The zero-order chi connectivity index (χ0) is 11.7. The minimum atomic E-state index is -0.638. The monoisotopic (exact) mass is 221 g/mol. The van der Waals surface area contributed by atoms with E-state index in [1.165, 1.54) is 6.07 Å². The molecule has 0 saturated heterocycles. The van der Waals surface area contributed by atoms with Gasteiger partial charge in [-0.15, -0.1) is 0 Å². The average molecular weight is 221 g/mol. The number of rotatable bonds is 3. The summed E-state index contributed by atoms with van der Waals surface area (Å²) in [5.41, 5.74) is 0.912. The SMILES string of the molecule is CN[C@@H](C)C(=O)c1ccc2cc(F)oc2c1. The Morgan fingerprint density at radius 1 is 1.44 bits per heavy atom. The summed E-state index contributed by atoms with van der Waals surface area (Å²) in [6.45, 7) is 1.77. The smallest absolute Gasteiger partial charge is 0.278 e. The number of ketones is 1. The van der Waals surface area contributed by atoms with Gasteiger partial charge >= 0.3 is 0 Å². The van der Waals surface area contributed by atoms with E-state index in [1.807, 2.05) is 0 Å². The van der Waals surface area contributed by atoms with Gasteiger partial charge in [-0.05, 0) is 20.0 Å². The number of Topliss-reactive ketones (excluding diaryl/α,β-unsaturated/α-hetero) is 1. The second-order valence-corrected chi connectivity index (χ2v) is 3.68. The fraction of sp³-hybridized carbons (Fsp3) is 0.250. The van der Waals surface area contributed by atoms with E-state index in [-0.39, 0.29) is 11.8 Å². The topological polar surface area (TPSA) is 42.2 Å². The summed E-state index contributed by atoms with van der Waals surface area (Å²) in [7, 11) is 1.72. The number of hydrogen-bond acceptors (Lipinski definition) is 3. The lowest BCUT2D eigenvalue weighted by Gasteiger charge is -2.08. The van der Waals surface area contributed by atoms with Crippen molar-refractivity contribution in [2.24, 2.45) is 0 Å². The van der Waals surface area contributed by atoms with Gasteiger partial charge in [0.1, 0.15) is 5.58 Å². The Bertz CT molecular complexity index is 533. The van der Waals surface area contributed by atoms with Crippen molar-refractivity contribution in [3.63, 3.8) is 0 Å². The highest BCUT2D eigenvalue weighted by Crippen LogP contribution is 2.20. The van der Waals surface area contributed by atoms with Crippen LogP contribution in [0.1, 0.15) is 17.3 Å². The predicted molar refractivity (Wildman–Crippen MR) is 59.0 cm³/mol. The molecule has 0 aliphatic rings. The van der Waals surface area contributed by atoms with Crippen LogP contribution in [-0.2, 0) is 0 Å². The number of nitrogens with one attached hydrogen (secondary N) is 1. The lowest BCUT2D eigenvalue weighted by molar-refractivity contribution is 0.0955. The molecule has 2 aromatic rings. The first-order chi connectivity index (χ1) is 7.61. The van der Waals surface area contributed by atoms with Gasteiger partial charge in [0.2, 0.25) is 0 Å². The highest BCUT2D eigenvalue weighted by Gasteiger charge is 2.14. The molecular weight excluding hydrogens is 209 g/mol. The van der Waals surface area contributed by atoms with Gasteiger partial charge in [-0.25, -0.2) is 0 Å². The number of halogens is 1. The van der Waals surface area contributed by atoms with E-state index >= 15 is 0 Å². The van der Waals surface area contributed by atoms with E-state index < -0.39 is 6.01 Å². The van der Waals surface area contributed by atoms with Gasteiger partial charge < -0.3 is 9.73 Å². The lowest BCUT2D eigenvalue weighted by atomic mass is 10.0. The summed E-state index contributed by atoms with van der Waals surface area (Å²) in [5.74, 6) is -0.0405. The van der Waals surface area contributed by atoms with E-state index in [1.54, 1.807) is 32.2 Å². The quantitative estimate of drug-likeness (QED) is 0.809. The summed E-state index contributed by atoms with van der Waals surface area (Å²) in [6.07, 6.45) is 0. The molecule has 1 atom stereocenters. The van der Waals surface area contributed by atoms with Crippen molar-refractivity contribution < 1.29 is 13.6 Å². The van der Waals surface area contributed by atoms with Crippen LogP contribution < -0.4 is 5.32 Å². The molecule has 0 fully saturated rings. The Morgan fingerprint density at radius 2 is 2.19 bits per heavy atom. The third-order valence-corrected chi connectivity index (χ3v) is 2.60. The molecule has 0 saturated carbocycles. The Morgan fingerprint density at radius 3 is 2.88 bits per heavy atom. The van der Waals surface area contributed by atoms with Crippen LogP contribution in [0.2, 0.25) is 0 Å². The first-order valence-corrected chi connectivity index (χ1v) is 5.02. The molecule has 0 unspecified atom stereocenters. The molecule has 0 aliphatic carbocycles. The van der Waals surface area contributed by atoms with E-state index in [0.717, 1.165) is 0 Å². The van der Waals surface area contributed by atoms with Gasteiger partial charge in [-0.3, -0.25) is 4.79 Å². The molecule has 0 bridgehead atoms. The van der Waals surface area contributed by atoms with E-state index in [9.17, 15) is 9.18 Å². The highest BCUT2D eigenvalue weighted by atomic mass is 19.1. The second-order valence-electron chi connectivity index (χ2n) is 3.68. The summed E-state index contributed by atoms with van der Waals surface area (Å²) in [6, 6.07) is 5.31. The normalized spacial score (nSPS) is 12.9. The zero-order valence-electron chi connectivity index (χ0n) is 9.08. The number of benzene rings is 1. The third kappa shape index (κ3) is 1.84. The predicted octanol–water partition coefficient (Wildman–Crippen LogP) is 2.36. The van der Waals surface area contributed by atoms with Crippen molar-refractivity contribution in [2.75, 3.05) is 7.05 Å². The van der Waals surface area contributed by atoms with Crippen LogP contribution in [0, 0.1) is 6.01 Å². The van der Waals surface area contributed by atoms with Crippen molar-refractivity contribution in [2.45, 2.75) is 13.0 Å². The highest BCUT2D eigenvalue weighted by molar-refractivity contribution is 6.02. The molecule has 3 nitrogen and oxygen atoms in total. The number of carbonyl (C=O) groups excluding carboxylic acids is 1. The Labute approximate surface area is 92.2 Å². The van der Waals surface area contributed by atoms with Gasteiger partial charge in [0.15, 0.2) is 5.78 Å². The van der Waals surface area contributed by atoms with Crippen LogP contribution in [0.25, 0.3) is 11.0 Å². The molecule has 1 aromatic carbocycles. The Hall–Kier alpha value is -1.68. The molecule has 84 valence electrons. The molecule has 1 heterocycles. The maximum absolute atomic E-state index is 12.8. The molecule has 16 heavy (non-hydrogen) atoms. The first-order valence-electron chi connectivity index (χ1n) is 5.02. The number of carbonyl (C=O) groups is 1. The van der Waals surface area contributed by atoms with Crippen LogP contribution in [0.15, 0.2) is 28.7 Å². The molecule has 4 heteroatoms. The molecule has 0 radical (unpaired) electrons. The van der Waals surface area contributed by atoms with E-state index in [2.05, 4.69) is 5.32 Å². The zero-order valence-corrected chi connectivity index (χ0v) is 9.08. The molecule has 2 rings (SSSR count). The summed E-state index contributed by atoms with van der Waals surface area (Å²) in [4.78, 5) is 11.8. The largest absolute Gasteiger partial charge is 0.431 e. The molecule has 0 aliphatic heterocycles. The fourth-order valence-corrected chi connectivity index (χ4v) is 1.53. The first kappa shape index (κ1) is 10.8. The minimum Gasteiger partial charge on any atom is -0.431 e. The van der Waals surface area contributed by atoms with Gasteiger partial charge in [0.25, 0.3) is 6.01 Å². The molecular formula is C12H12FNO2. The summed E-state index contributed by atoms with van der Waals surface area (Å²) in [5, 5.41) is 3.52. The average Bonchev–Trinajstić information content (AvgIpc) is 2.65. The van der Waals surface area contributed by atoms with Crippen molar-refractivity contribution in [1.29, 1.82) is 0 Å². The summed E-state index contributed by atoms with van der Waals surface area (Å²) >= 11 is 0. The fourth-order valence-electron chi connectivity index (χ4n) is 1.53. The van der Waals surface area contributed by atoms with Gasteiger partial charge in [-0.1, -0.05) is 12.1 Å². The molecule has 0 spiro atoms. The minimum absolute atomic E-state index is 0.0405. The number of furan rings is 1. The lowest BCUT2D eigenvalue weighted by Crippen LogP contribution is -2.30. The maximum atomic E-state index is 12.8. The maximum Gasteiger partial charge on any atom is 0.278 e. The number of fused-ring (bicyclic) bond motifs is 1. The van der Waals surface area contributed by atoms with Gasteiger partial charge in [0, 0.05) is 17.0 Å². The Kier molecular flexibility index (Phi) is 2.75. The van der Waals surface area contributed by atoms with Crippen LogP contribution >= 0.6 is 0 Å². The van der Waals surface area contributed by atoms with Crippen LogP contribution in [0.5, 0.6) is 0 Å². The Balaban J connectivity index is 2.42. The molecule has 1 aromatic heterocycles. The standard InChI is InChI=1S/C12H12FNO2/c1-7(14-2)12(15)9-4-3-8-6-11(13)16-10(8)5-9/h3-7,14H,1-2H3/t7-/m0/s1. The van der Waals surface area contributed by atoms with E-state index in [4.69, 9.17) is 4.42 Å². The van der Waals surface area contributed by atoms with Crippen molar-refractivity contribution in [1.82, 2.24) is 5.32 Å². The van der Waals surface area contributed by atoms with Crippen LogP contribution in [0.3, 0.4) is 0 Å².